The van der Waals surface area contributed by atoms with E-state index >= 15 is 0 Å². The summed E-state index contributed by atoms with van der Waals surface area (Å²) in [5.74, 6) is 0. The molecule has 0 unspecified atom stereocenters. The number of allylic oxidation sites excluding steroid dienone is 3. The first-order chi connectivity index (χ1) is 8.91. The lowest BCUT2D eigenvalue weighted by Gasteiger charge is -1.98. The summed E-state index contributed by atoms with van der Waals surface area (Å²) in [7, 11) is 0. The van der Waals surface area contributed by atoms with Crippen LogP contribution in [0.5, 0.6) is 0 Å². The van der Waals surface area contributed by atoms with Crippen LogP contribution in [0.25, 0.3) is 0 Å². The van der Waals surface area contributed by atoms with Crippen LogP contribution in [-0.4, -0.2) is 0 Å². The van der Waals surface area contributed by atoms with Crippen molar-refractivity contribution in [2.45, 2.75) is 83.5 Å². The predicted molar refractivity (Wildman–Crippen MR) is 84.7 cm³/mol. The molecule has 0 aromatic heterocycles. The third kappa shape index (κ3) is 15.5. The Labute approximate surface area is 116 Å². The summed E-state index contributed by atoms with van der Waals surface area (Å²) in [5, 5.41) is 0. The molecule has 0 rings (SSSR count). The lowest BCUT2D eigenvalue weighted by Crippen LogP contribution is -1.78. The fourth-order valence-electron chi connectivity index (χ4n) is 2.11. The minimum atomic E-state index is 1.10. The fourth-order valence-corrected chi connectivity index (χ4v) is 2.11. The van der Waals surface area contributed by atoms with E-state index in [1.54, 1.807) is 0 Å². The van der Waals surface area contributed by atoms with Crippen LogP contribution in [0.2, 0.25) is 0 Å². The lowest BCUT2D eigenvalue weighted by molar-refractivity contribution is 0.620. The molecule has 0 heterocycles. The van der Waals surface area contributed by atoms with Crippen LogP contribution in [0.1, 0.15) is 83.5 Å². The number of hydrogen-bond acceptors (Lipinski definition) is 0. The average molecular weight is 249 g/mol. The maximum atomic E-state index is 3.87. The average Bonchev–Trinajstić information content (AvgIpc) is 2.39. The molecule has 0 saturated heterocycles. The Balaban J connectivity index is 3.02. The molecule has 0 aromatic rings. The molecule has 0 nitrogen and oxygen atoms in total. The van der Waals surface area contributed by atoms with Gasteiger partial charge in [-0.15, -0.1) is 6.58 Å². The first kappa shape index (κ1) is 17.5. The Kier molecular flexibility index (Phi) is 16.0. The minimum Gasteiger partial charge on any atom is -0.103 e. The van der Waals surface area contributed by atoms with E-state index in [1.165, 1.54) is 77.0 Å². The van der Waals surface area contributed by atoms with Crippen molar-refractivity contribution in [3.63, 3.8) is 0 Å². The van der Waals surface area contributed by atoms with Crippen LogP contribution in [0.4, 0.5) is 0 Å². The summed E-state index contributed by atoms with van der Waals surface area (Å²) in [4.78, 5) is 0. The second-order valence-corrected chi connectivity index (χ2v) is 5.16. The molecule has 0 heteroatoms. The summed E-state index contributed by atoms with van der Waals surface area (Å²) in [5.41, 5.74) is 0. The van der Waals surface area contributed by atoms with Gasteiger partial charge in [0.05, 0.1) is 0 Å². The number of hydrogen-bond donors (Lipinski definition) is 0. The molecule has 0 saturated carbocycles. The van der Waals surface area contributed by atoms with Gasteiger partial charge in [-0.25, -0.2) is 0 Å². The molecule has 0 aliphatic carbocycles. The third-order valence-electron chi connectivity index (χ3n) is 3.32. The van der Waals surface area contributed by atoms with Gasteiger partial charge in [-0.3, -0.25) is 0 Å². The lowest BCUT2D eigenvalue weighted by atomic mass is 10.1. The zero-order valence-corrected chi connectivity index (χ0v) is 12.3. The van der Waals surface area contributed by atoms with E-state index in [2.05, 4.69) is 25.7 Å². The molecule has 105 valence electrons. The van der Waals surface area contributed by atoms with Gasteiger partial charge in [-0.1, -0.05) is 70.1 Å². The second-order valence-electron chi connectivity index (χ2n) is 5.16. The van der Waals surface area contributed by atoms with E-state index < -0.39 is 0 Å². The monoisotopic (exact) mass is 249 g/mol. The van der Waals surface area contributed by atoms with Crippen molar-refractivity contribution < 1.29 is 0 Å². The molecule has 0 N–H and O–H groups in total. The molecule has 0 aromatic carbocycles. The van der Waals surface area contributed by atoms with Crippen LogP contribution in [0.3, 0.4) is 0 Å². The van der Waals surface area contributed by atoms with E-state index in [4.69, 9.17) is 0 Å². The molecule has 0 amide bonds. The van der Waals surface area contributed by atoms with Gasteiger partial charge in [0.25, 0.3) is 0 Å². The summed E-state index contributed by atoms with van der Waals surface area (Å²) in [6, 6.07) is 0. The Morgan fingerprint density at radius 1 is 0.556 bits per heavy atom. The smallest absolute Gasteiger partial charge is 0.0351 e. The Bertz CT molecular complexity index is 178. The van der Waals surface area contributed by atoms with Crippen LogP contribution in [-0.2, 0) is 0 Å². The van der Waals surface area contributed by atoms with E-state index in [-0.39, 0.29) is 0 Å². The topological polar surface area (TPSA) is 0 Å². The minimum absolute atomic E-state index is 1.10. The van der Waals surface area contributed by atoms with Gasteiger partial charge in [-0.2, -0.15) is 0 Å². The van der Waals surface area contributed by atoms with Crippen molar-refractivity contribution in [3.8, 4) is 0 Å². The molecular formula is C18H33. The Morgan fingerprint density at radius 3 is 1.50 bits per heavy atom. The second kappa shape index (κ2) is 16.5. The van der Waals surface area contributed by atoms with Crippen molar-refractivity contribution in [1.29, 1.82) is 0 Å². The fraction of sp³-hybridized carbons (Fsp3) is 0.722. The first-order valence-corrected chi connectivity index (χ1v) is 7.97. The molecule has 0 bridgehead atoms. The van der Waals surface area contributed by atoms with Gasteiger partial charge in [0.1, 0.15) is 0 Å². The highest BCUT2D eigenvalue weighted by Gasteiger charge is 1.89. The van der Waals surface area contributed by atoms with E-state index in [9.17, 15) is 0 Å². The molecule has 0 fully saturated rings. The highest BCUT2D eigenvalue weighted by Crippen LogP contribution is 2.09. The van der Waals surface area contributed by atoms with E-state index in [0.717, 1.165) is 6.42 Å². The van der Waals surface area contributed by atoms with Gasteiger partial charge in [0.15, 0.2) is 0 Å². The zero-order valence-electron chi connectivity index (χ0n) is 12.3. The maximum Gasteiger partial charge on any atom is -0.0351 e. The van der Waals surface area contributed by atoms with Crippen LogP contribution < -0.4 is 0 Å². The molecular weight excluding hydrogens is 216 g/mol. The van der Waals surface area contributed by atoms with Crippen LogP contribution in [0, 0.1) is 6.92 Å². The molecule has 0 aliphatic rings. The number of unbranched alkanes of at least 4 members (excludes halogenated alkanes) is 11. The van der Waals surface area contributed by atoms with Crippen molar-refractivity contribution in [1.82, 2.24) is 0 Å². The van der Waals surface area contributed by atoms with Gasteiger partial charge < -0.3 is 0 Å². The standard InChI is InChI=1S/C18H33/c1-3-5-7-9-11-13-15-17-18-16-14-12-10-8-6-4-2/h3,17-18H,1-2,4-16H2. The number of rotatable bonds is 14. The third-order valence-corrected chi connectivity index (χ3v) is 3.32. The molecule has 0 aliphatic heterocycles. The Morgan fingerprint density at radius 2 is 1.00 bits per heavy atom. The molecule has 0 atom stereocenters. The Hall–Kier alpha value is -0.520. The normalized spacial score (nSPS) is 11.2. The first-order valence-electron chi connectivity index (χ1n) is 7.97. The largest absolute Gasteiger partial charge is 0.103 e. The van der Waals surface area contributed by atoms with Gasteiger partial charge in [-0.05, 0) is 38.5 Å². The molecule has 0 spiro atoms. The van der Waals surface area contributed by atoms with E-state index in [1.807, 2.05) is 6.08 Å². The zero-order chi connectivity index (χ0) is 13.3. The maximum absolute atomic E-state index is 3.87. The van der Waals surface area contributed by atoms with Gasteiger partial charge >= 0.3 is 0 Å². The van der Waals surface area contributed by atoms with Crippen LogP contribution >= 0.6 is 0 Å². The molecule has 18 heavy (non-hydrogen) atoms. The van der Waals surface area contributed by atoms with Gasteiger partial charge in [0.2, 0.25) is 0 Å². The summed E-state index contributed by atoms with van der Waals surface area (Å²) in [6.07, 6.45) is 23.9. The van der Waals surface area contributed by atoms with Crippen molar-refractivity contribution in [3.05, 3.63) is 31.7 Å². The highest BCUT2D eigenvalue weighted by atomic mass is 14.0. The van der Waals surface area contributed by atoms with Crippen LogP contribution in [0.15, 0.2) is 24.8 Å². The van der Waals surface area contributed by atoms with Crippen molar-refractivity contribution in [2.24, 2.45) is 0 Å². The van der Waals surface area contributed by atoms with Crippen molar-refractivity contribution >= 4 is 0 Å². The summed E-state index contributed by atoms with van der Waals surface area (Å²) >= 11 is 0. The van der Waals surface area contributed by atoms with Crippen molar-refractivity contribution in [2.75, 3.05) is 0 Å². The quantitative estimate of drug-likeness (QED) is 0.239. The molecule has 1 radical (unpaired) electrons. The highest BCUT2D eigenvalue weighted by molar-refractivity contribution is 4.81. The van der Waals surface area contributed by atoms with E-state index in [0.29, 0.717) is 0 Å². The summed E-state index contributed by atoms with van der Waals surface area (Å²) < 4.78 is 0. The summed E-state index contributed by atoms with van der Waals surface area (Å²) in [6.45, 7) is 7.61. The predicted octanol–water partition coefficient (Wildman–Crippen LogP) is 6.63. The SMILES string of the molecule is [CH2]CCCCCCCC=CCCCCCCC=C. The van der Waals surface area contributed by atoms with Gasteiger partial charge in [0, 0.05) is 0 Å².